The first-order chi connectivity index (χ1) is 9.46. The molecule has 0 aromatic carbocycles. The van der Waals surface area contributed by atoms with E-state index in [9.17, 15) is 5.11 Å². The molecule has 0 radical (unpaired) electrons. The smallest absolute Gasteiger partial charge is 0.157 e. The van der Waals surface area contributed by atoms with Gasteiger partial charge in [-0.2, -0.15) is 0 Å². The molecule has 20 heavy (non-hydrogen) atoms. The van der Waals surface area contributed by atoms with Crippen molar-refractivity contribution in [3.8, 4) is 0 Å². The number of rotatable bonds is 0. The van der Waals surface area contributed by atoms with Crippen molar-refractivity contribution in [3.63, 3.8) is 0 Å². The summed E-state index contributed by atoms with van der Waals surface area (Å²) in [5.41, 5.74) is -0.579. The Balaban J connectivity index is 1.82. The van der Waals surface area contributed by atoms with E-state index >= 15 is 0 Å². The van der Waals surface area contributed by atoms with Crippen molar-refractivity contribution >= 4 is 0 Å². The van der Waals surface area contributed by atoms with Gasteiger partial charge in [0.1, 0.15) is 11.2 Å². The predicted octanol–water partition coefficient (Wildman–Crippen LogP) is 2.65. The molecule has 0 aromatic heterocycles. The van der Waals surface area contributed by atoms with Gasteiger partial charge in [-0.3, -0.25) is 0 Å². The van der Waals surface area contributed by atoms with Crippen LogP contribution in [0.2, 0.25) is 0 Å². The Labute approximate surface area is 120 Å². The van der Waals surface area contributed by atoms with Crippen molar-refractivity contribution in [2.75, 3.05) is 0 Å². The van der Waals surface area contributed by atoms with E-state index in [4.69, 9.17) is 14.5 Å². The minimum Gasteiger partial charge on any atom is -0.368 e. The van der Waals surface area contributed by atoms with Crippen molar-refractivity contribution in [3.05, 3.63) is 0 Å². The van der Waals surface area contributed by atoms with E-state index in [-0.39, 0.29) is 23.2 Å². The minimum atomic E-state index is -0.656. The summed E-state index contributed by atoms with van der Waals surface area (Å²) in [6.07, 6.45) is 4.68. The lowest BCUT2D eigenvalue weighted by Crippen LogP contribution is -2.69. The fraction of sp³-hybridized carbons (Fsp3) is 1.00. The maximum atomic E-state index is 10.3. The second kappa shape index (κ2) is 4.19. The molecule has 5 rings (SSSR count). The minimum absolute atomic E-state index is 0.0206. The second-order valence-electron chi connectivity index (χ2n) is 7.85. The number of fused-ring (bicyclic) bond motifs is 2. The topological polar surface area (TPSA) is 47.9 Å². The summed E-state index contributed by atoms with van der Waals surface area (Å²) < 4.78 is 6.01. The van der Waals surface area contributed by atoms with Crippen molar-refractivity contribution in [1.82, 2.24) is 0 Å². The summed E-state index contributed by atoms with van der Waals surface area (Å²) in [5.74, 6) is 1.60. The monoisotopic (exact) mass is 282 g/mol. The van der Waals surface area contributed by atoms with E-state index in [2.05, 4.69) is 20.8 Å². The molecule has 3 aliphatic heterocycles. The van der Waals surface area contributed by atoms with Crippen LogP contribution in [-0.2, 0) is 14.5 Å². The highest BCUT2D eigenvalue weighted by atomic mass is 17.2. The molecule has 1 N–H and O–H groups in total. The first-order valence-corrected chi connectivity index (χ1v) is 8.17. The standard InChI is InChI=1S/C16H26O4/c1-9-4-5-12-10(2)14(17)18-13-8-15(3)7-6-11(9)16(12,13)20-19-15/h9-14,17H,4-8H2,1-3H3/t9-,10-,11?,12?,13-,14?,15-,16-/m1/s1. The van der Waals surface area contributed by atoms with Crippen LogP contribution in [-0.4, -0.2) is 28.7 Å². The fourth-order valence-electron chi connectivity index (χ4n) is 5.44. The molecule has 5 aliphatic rings. The van der Waals surface area contributed by atoms with Crippen molar-refractivity contribution in [1.29, 1.82) is 0 Å². The Kier molecular flexibility index (Phi) is 2.83. The van der Waals surface area contributed by atoms with Gasteiger partial charge in [-0.1, -0.05) is 13.8 Å². The lowest BCUT2D eigenvalue weighted by molar-refractivity contribution is -0.494. The van der Waals surface area contributed by atoms with Crippen molar-refractivity contribution in [2.45, 2.75) is 76.5 Å². The zero-order valence-corrected chi connectivity index (χ0v) is 12.7. The molecule has 8 atom stereocenters. The summed E-state index contributed by atoms with van der Waals surface area (Å²) in [4.78, 5) is 12.0. The molecule has 2 aliphatic carbocycles. The normalized spacial score (nSPS) is 61.8. The Bertz CT molecular complexity index is 409. The Morgan fingerprint density at radius 3 is 2.65 bits per heavy atom. The fourth-order valence-corrected chi connectivity index (χ4v) is 5.44. The van der Waals surface area contributed by atoms with Crippen LogP contribution in [0.1, 0.15) is 52.9 Å². The van der Waals surface area contributed by atoms with E-state index in [0.29, 0.717) is 17.8 Å². The average molecular weight is 282 g/mol. The second-order valence-corrected chi connectivity index (χ2v) is 7.85. The van der Waals surface area contributed by atoms with E-state index < -0.39 is 6.29 Å². The largest absolute Gasteiger partial charge is 0.368 e. The molecule has 114 valence electrons. The van der Waals surface area contributed by atoms with Gasteiger partial charge in [0.15, 0.2) is 6.29 Å². The average Bonchev–Trinajstić information content (AvgIpc) is 2.63. The lowest BCUT2D eigenvalue weighted by Gasteiger charge is -2.60. The summed E-state index contributed by atoms with van der Waals surface area (Å²) in [5, 5.41) is 10.3. The van der Waals surface area contributed by atoms with Crippen LogP contribution >= 0.6 is 0 Å². The Morgan fingerprint density at radius 1 is 1.05 bits per heavy atom. The van der Waals surface area contributed by atoms with Gasteiger partial charge in [-0.05, 0) is 44.4 Å². The van der Waals surface area contributed by atoms with Crippen LogP contribution in [0, 0.1) is 23.7 Å². The van der Waals surface area contributed by atoms with Gasteiger partial charge in [0.2, 0.25) is 0 Å². The van der Waals surface area contributed by atoms with E-state index in [1.807, 2.05) is 0 Å². The van der Waals surface area contributed by atoms with E-state index in [1.165, 1.54) is 6.42 Å². The van der Waals surface area contributed by atoms with Crippen LogP contribution < -0.4 is 0 Å². The van der Waals surface area contributed by atoms with Gasteiger partial charge in [-0.25, -0.2) is 9.78 Å². The highest BCUT2D eigenvalue weighted by molar-refractivity contribution is 5.13. The highest BCUT2D eigenvalue weighted by Crippen LogP contribution is 2.61. The van der Waals surface area contributed by atoms with Gasteiger partial charge < -0.3 is 9.84 Å². The molecule has 4 heteroatoms. The van der Waals surface area contributed by atoms with Crippen molar-refractivity contribution in [2.24, 2.45) is 23.7 Å². The van der Waals surface area contributed by atoms with E-state index in [1.54, 1.807) is 0 Å². The Morgan fingerprint density at radius 2 is 1.85 bits per heavy atom. The molecule has 3 unspecified atom stereocenters. The van der Waals surface area contributed by atoms with Gasteiger partial charge >= 0.3 is 0 Å². The first kappa shape index (κ1) is 13.5. The molecule has 2 bridgehead atoms. The van der Waals surface area contributed by atoms with Gasteiger partial charge in [0, 0.05) is 18.3 Å². The van der Waals surface area contributed by atoms with Crippen LogP contribution in [0.25, 0.3) is 0 Å². The first-order valence-electron chi connectivity index (χ1n) is 8.17. The van der Waals surface area contributed by atoms with Gasteiger partial charge in [0.05, 0.1) is 6.10 Å². The van der Waals surface area contributed by atoms with Crippen molar-refractivity contribution < 1.29 is 19.6 Å². The molecule has 5 fully saturated rings. The molecular weight excluding hydrogens is 256 g/mol. The summed E-state index contributed by atoms with van der Waals surface area (Å²) >= 11 is 0. The molecular formula is C16H26O4. The van der Waals surface area contributed by atoms with E-state index in [0.717, 1.165) is 25.7 Å². The number of aliphatic hydroxyl groups is 1. The quantitative estimate of drug-likeness (QED) is 0.694. The summed E-state index contributed by atoms with van der Waals surface area (Å²) in [6.45, 7) is 6.55. The van der Waals surface area contributed by atoms with Gasteiger partial charge in [0.25, 0.3) is 0 Å². The molecule has 3 saturated heterocycles. The van der Waals surface area contributed by atoms with Gasteiger partial charge in [-0.15, -0.1) is 0 Å². The molecule has 3 heterocycles. The maximum Gasteiger partial charge on any atom is 0.157 e. The molecule has 2 saturated carbocycles. The summed E-state index contributed by atoms with van der Waals surface area (Å²) in [6, 6.07) is 0. The zero-order valence-electron chi connectivity index (χ0n) is 12.7. The summed E-state index contributed by atoms with van der Waals surface area (Å²) in [7, 11) is 0. The molecule has 0 aromatic rings. The third-order valence-electron chi connectivity index (χ3n) is 6.66. The number of aliphatic hydroxyl groups excluding tert-OH is 1. The van der Waals surface area contributed by atoms with Crippen LogP contribution in [0.15, 0.2) is 0 Å². The maximum absolute atomic E-state index is 10.3. The van der Waals surface area contributed by atoms with Crippen LogP contribution in [0.4, 0.5) is 0 Å². The number of ether oxygens (including phenoxy) is 1. The van der Waals surface area contributed by atoms with Crippen LogP contribution in [0.3, 0.4) is 0 Å². The molecule has 4 nitrogen and oxygen atoms in total. The third-order valence-corrected chi connectivity index (χ3v) is 6.66. The number of hydrogen-bond acceptors (Lipinski definition) is 4. The van der Waals surface area contributed by atoms with Crippen LogP contribution in [0.5, 0.6) is 0 Å². The predicted molar refractivity (Wildman–Crippen MR) is 72.6 cm³/mol. The zero-order chi connectivity index (χ0) is 14.1. The lowest BCUT2D eigenvalue weighted by atomic mass is 9.56. The highest BCUT2D eigenvalue weighted by Gasteiger charge is 2.67. The molecule has 1 spiro atoms. The SMILES string of the molecule is C[C@H]1C(O)O[C@@H]2C[C@@]3(C)CCC4[C@H](C)CCC1[C@]42OO3. The Hall–Kier alpha value is -0.160. The number of hydrogen-bond donors (Lipinski definition) is 1. The third kappa shape index (κ3) is 1.57. The molecule has 0 amide bonds.